The first-order valence-electron chi connectivity index (χ1n) is 8.32. The van der Waals surface area contributed by atoms with Crippen LogP contribution in [0.5, 0.6) is 0 Å². The molecule has 132 valence electrons. The number of carbonyl (C=O) groups excluding carboxylic acids is 2. The number of aromatic nitrogens is 2. The molecule has 24 heavy (non-hydrogen) atoms. The zero-order chi connectivity index (χ0) is 17.3. The summed E-state index contributed by atoms with van der Waals surface area (Å²) < 4.78 is 27.4. The first-order chi connectivity index (χ1) is 11.4. The summed E-state index contributed by atoms with van der Waals surface area (Å²) in [5.74, 6) is -3.49. The van der Waals surface area contributed by atoms with Crippen molar-refractivity contribution in [2.75, 3.05) is 13.1 Å². The molecule has 0 spiro atoms. The number of carbonyl (C=O) groups is 2. The lowest BCUT2D eigenvalue weighted by Crippen LogP contribution is -2.52. The van der Waals surface area contributed by atoms with Crippen LogP contribution in [0.3, 0.4) is 0 Å². The highest BCUT2D eigenvalue weighted by Gasteiger charge is 2.49. The Hall–Kier alpha value is -1.99. The number of hydrogen-bond acceptors (Lipinski definition) is 3. The first-order valence-corrected chi connectivity index (χ1v) is 8.32. The lowest BCUT2D eigenvalue weighted by molar-refractivity contribution is -0.160. The van der Waals surface area contributed by atoms with Crippen molar-refractivity contribution in [1.29, 1.82) is 0 Å². The average molecular weight is 340 g/mol. The van der Waals surface area contributed by atoms with Crippen molar-refractivity contribution < 1.29 is 18.4 Å². The fourth-order valence-corrected chi connectivity index (χ4v) is 3.29. The van der Waals surface area contributed by atoms with Gasteiger partial charge in [-0.25, -0.2) is 8.78 Å². The molecule has 1 aromatic rings. The fourth-order valence-electron chi connectivity index (χ4n) is 3.29. The minimum Gasteiger partial charge on any atom is -0.351 e. The van der Waals surface area contributed by atoms with Crippen LogP contribution in [-0.2, 0) is 9.59 Å². The highest BCUT2D eigenvalue weighted by molar-refractivity contribution is 5.81. The maximum atomic E-state index is 12.9. The van der Waals surface area contributed by atoms with Crippen LogP contribution >= 0.6 is 0 Å². The van der Waals surface area contributed by atoms with Crippen LogP contribution in [0.1, 0.15) is 38.6 Å². The van der Waals surface area contributed by atoms with Crippen molar-refractivity contribution in [3.63, 3.8) is 0 Å². The quantitative estimate of drug-likeness (QED) is 0.905. The van der Waals surface area contributed by atoms with E-state index in [2.05, 4.69) is 10.4 Å². The van der Waals surface area contributed by atoms with Gasteiger partial charge in [-0.15, -0.1) is 0 Å². The highest BCUT2D eigenvalue weighted by atomic mass is 19.3. The number of nitrogens with one attached hydrogen (secondary N) is 1. The van der Waals surface area contributed by atoms with Crippen LogP contribution in [0, 0.1) is 5.92 Å². The summed E-state index contributed by atoms with van der Waals surface area (Å²) in [6.45, 7) is 2.78. The Morgan fingerprint density at radius 1 is 1.29 bits per heavy atom. The van der Waals surface area contributed by atoms with E-state index in [4.69, 9.17) is 0 Å². The van der Waals surface area contributed by atoms with Crippen LogP contribution in [0.2, 0.25) is 0 Å². The fraction of sp³-hybridized carbons (Fsp3) is 0.688. The van der Waals surface area contributed by atoms with E-state index >= 15 is 0 Å². The molecular formula is C16H22F2N4O2. The van der Waals surface area contributed by atoms with Gasteiger partial charge in [0.2, 0.25) is 17.7 Å². The first kappa shape index (κ1) is 16.9. The molecule has 2 fully saturated rings. The van der Waals surface area contributed by atoms with E-state index in [1.807, 2.05) is 0 Å². The zero-order valence-corrected chi connectivity index (χ0v) is 13.6. The summed E-state index contributed by atoms with van der Waals surface area (Å²) in [5, 5.41) is 7.03. The normalized spacial score (nSPS) is 22.7. The summed E-state index contributed by atoms with van der Waals surface area (Å²) in [6.07, 6.45) is 3.99. The number of halogens is 2. The van der Waals surface area contributed by atoms with Gasteiger partial charge in [-0.2, -0.15) is 5.10 Å². The van der Waals surface area contributed by atoms with Crippen LogP contribution in [-0.4, -0.2) is 51.5 Å². The van der Waals surface area contributed by atoms with E-state index in [0.29, 0.717) is 25.9 Å². The standard InChI is InChI=1S/C16H22F2N4O2/c1-11(22-6-2-5-19-22)14(23)20-13-3-7-21(8-4-13)15(24)12-9-16(17,18)10-12/h2,5-6,11-13H,3-4,7-10H2,1H3,(H,20,23). The molecule has 0 radical (unpaired) electrons. The van der Waals surface area contributed by atoms with Crippen LogP contribution < -0.4 is 5.32 Å². The minimum atomic E-state index is -2.67. The summed E-state index contributed by atoms with van der Waals surface area (Å²) in [7, 11) is 0. The zero-order valence-electron chi connectivity index (χ0n) is 13.6. The molecule has 1 unspecified atom stereocenters. The van der Waals surface area contributed by atoms with Gasteiger partial charge in [0.1, 0.15) is 6.04 Å². The number of piperidine rings is 1. The lowest BCUT2D eigenvalue weighted by Gasteiger charge is -2.40. The molecule has 2 heterocycles. The predicted octanol–water partition coefficient (Wildman–Crippen LogP) is 1.60. The van der Waals surface area contributed by atoms with Crippen LogP contribution in [0.4, 0.5) is 8.78 Å². The molecule has 1 aliphatic carbocycles. The number of amides is 2. The molecule has 0 bridgehead atoms. The van der Waals surface area contributed by atoms with Gasteiger partial charge in [0.15, 0.2) is 0 Å². The maximum absolute atomic E-state index is 12.9. The average Bonchev–Trinajstić information content (AvgIpc) is 3.06. The third-order valence-corrected chi connectivity index (χ3v) is 4.89. The molecule has 0 aromatic carbocycles. The van der Waals surface area contributed by atoms with Gasteiger partial charge in [0.25, 0.3) is 0 Å². The molecule has 1 aromatic heterocycles. The van der Waals surface area contributed by atoms with Gasteiger partial charge in [-0.3, -0.25) is 14.3 Å². The van der Waals surface area contributed by atoms with Crippen LogP contribution in [0.25, 0.3) is 0 Å². The molecule has 1 atom stereocenters. The molecule has 8 heteroatoms. The number of alkyl halides is 2. The molecular weight excluding hydrogens is 318 g/mol. The largest absolute Gasteiger partial charge is 0.351 e. The third kappa shape index (κ3) is 3.57. The van der Waals surface area contributed by atoms with Gasteiger partial charge < -0.3 is 10.2 Å². The smallest absolute Gasteiger partial charge is 0.249 e. The topological polar surface area (TPSA) is 67.2 Å². The third-order valence-electron chi connectivity index (χ3n) is 4.89. The number of rotatable bonds is 4. The molecule has 6 nitrogen and oxygen atoms in total. The molecule has 1 saturated heterocycles. The Labute approximate surface area is 139 Å². The van der Waals surface area contributed by atoms with Crippen molar-refractivity contribution in [2.24, 2.45) is 5.92 Å². The van der Waals surface area contributed by atoms with Gasteiger partial charge in [-0.1, -0.05) is 0 Å². The Balaban J connectivity index is 1.44. The molecule has 2 amide bonds. The molecule has 2 aliphatic rings. The Kier molecular flexibility index (Phi) is 4.56. The predicted molar refractivity (Wildman–Crippen MR) is 82.4 cm³/mol. The van der Waals surface area contributed by atoms with Crippen molar-refractivity contribution >= 4 is 11.8 Å². The summed E-state index contributed by atoms with van der Waals surface area (Å²) >= 11 is 0. The van der Waals surface area contributed by atoms with E-state index in [1.54, 1.807) is 35.0 Å². The van der Waals surface area contributed by atoms with Gasteiger partial charge in [0.05, 0.1) is 0 Å². The van der Waals surface area contributed by atoms with Gasteiger partial charge >= 0.3 is 0 Å². The van der Waals surface area contributed by atoms with Crippen molar-refractivity contribution in [1.82, 2.24) is 20.0 Å². The van der Waals surface area contributed by atoms with Gasteiger partial charge in [0, 0.05) is 50.3 Å². The van der Waals surface area contributed by atoms with E-state index < -0.39 is 17.9 Å². The Bertz CT molecular complexity index is 589. The Morgan fingerprint density at radius 2 is 1.96 bits per heavy atom. The SMILES string of the molecule is CC(C(=O)NC1CCN(C(=O)C2CC(F)(F)C2)CC1)n1cccn1. The minimum absolute atomic E-state index is 0.00222. The number of hydrogen-bond donors (Lipinski definition) is 1. The van der Waals surface area contributed by atoms with Crippen molar-refractivity contribution in [2.45, 2.75) is 50.6 Å². The van der Waals surface area contributed by atoms with E-state index in [0.717, 1.165) is 0 Å². The molecule has 1 N–H and O–H groups in total. The second-order valence-electron chi connectivity index (χ2n) is 6.73. The number of likely N-dealkylation sites (tertiary alicyclic amines) is 1. The maximum Gasteiger partial charge on any atom is 0.249 e. The van der Waals surface area contributed by atoms with E-state index in [1.165, 1.54) is 0 Å². The monoisotopic (exact) mass is 340 g/mol. The summed E-state index contributed by atoms with van der Waals surface area (Å²) in [4.78, 5) is 26.0. The van der Waals surface area contributed by atoms with Crippen molar-refractivity contribution in [3.05, 3.63) is 18.5 Å². The summed E-state index contributed by atoms with van der Waals surface area (Å²) in [6, 6.07) is 1.37. The molecule has 1 saturated carbocycles. The second-order valence-corrected chi connectivity index (χ2v) is 6.73. The number of nitrogens with zero attached hydrogens (tertiary/aromatic N) is 3. The Morgan fingerprint density at radius 3 is 2.50 bits per heavy atom. The molecule has 3 rings (SSSR count). The lowest BCUT2D eigenvalue weighted by atomic mass is 9.80. The van der Waals surface area contributed by atoms with E-state index in [9.17, 15) is 18.4 Å². The van der Waals surface area contributed by atoms with Crippen LogP contribution in [0.15, 0.2) is 18.5 Å². The van der Waals surface area contributed by atoms with E-state index in [-0.39, 0.29) is 30.7 Å². The molecule has 1 aliphatic heterocycles. The summed E-state index contributed by atoms with van der Waals surface area (Å²) in [5.41, 5.74) is 0. The van der Waals surface area contributed by atoms with Gasteiger partial charge in [-0.05, 0) is 25.8 Å². The highest BCUT2D eigenvalue weighted by Crippen LogP contribution is 2.43. The second kappa shape index (κ2) is 6.49. The van der Waals surface area contributed by atoms with Crippen molar-refractivity contribution in [3.8, 4) is 0 Å².